The van der Waals surface area contributed by atoms with Gasteiger partial charge in [0.25, 0.3) is 0 Å². The van der Waals surface area contributed by atoms with E-state index in [-0.39, 0.29) is 5.41 Å². The normalized spacial score (nSPS) is 33.4. The van der Waals surface area contributed by atoms with Crippen molar-refractivity contribution in [1.29, 1.82) is 0 Å². The summed E-state index contributed by atoms with van der Waals surface area (Å²) in [6.45, 7) is 0.981. The average molecular weight is 251 g/mol. The second-order valence-corrected chi connectivity index (χ2v) is 7.26. The molecule has 3 rings (SSSR count). The number of benzene rings is 1. The molecule has 1 saturated carbocycles. The van der Waals surface area contributed by atoms with Gasteiger partial charge in [0, 0.05) is 5.41 Å². The summed E-state index contributed by atoms with van der Waals surface area (Å²) >= 11 is 0. The van der Waals surface area contributed by atoms with E-state index in [9.17, 15) is 8.42 Å². The van der Waals surface area contributed by atoms with Gasteiger partial charge in [-0.1, -0.05) is 18.2 Å². The lowest BCUT2D eigenvalue weighted by atomic mass is 9.90. The molecule has 92 valence electrons. The zero-order valence-corrected chi connectivity index (χ0v) is 10.8. The van der Waals surface area contributed by atoms with Crippen LogP contribution in [0.4, 0.5) is 0 Å². The van der Waals surface area contributed by atoms with Crippen molar-refractivity contribution in [3.8, 4) is 0 Å². The minimum Gasteiger partial charge on any atom is -0.319 e. The zero-order valence-electron chi connectivity index (χ0n) is 9.94. The van der Waals surface area contributed by atoms with Crippen molar-refractivity contribution >= 4 is 9.84 Å². The molecule has 1 aliphatic heterocycles. The Morgan fingerprint density at radius 2 is 2.18 bits per heavy atom. The van der Waals surface area contributed by atoms with E-state index in [1.54, 1.807) is 6.07 Å². The Hall–Kier alpha value is -0.870. The van der Waals surface area contributed by atoms with Gasteiger partial charge in [0.2, 0.25) is 0 Å². The van der Waals surface area contributed by atoms with Crippen LogP contribution in [0.25, 0.3) is 0 Å². The zero-order chi connectivity index (χ0) is 12.1. The summed E-state index contributed by atoms with van der Waals surface area (Å²) in [5.74, 6) is 0.911. The third-order valence-corrected chi connectivity index (χ3v) is 6.03. The minimum atomic E-state index is -3.03. The Labute approximate surface area is 102 Å². The monoisotopic (exact) mass is 251 g/mol. The second-order valence-electron chi connectivity index (χ2n) is 5.18. The molecule has 0 bridgehead atoms. The molecule has 1 heterocycles. The van der Waals surface area contributed by atoms with E-state index < -0.39 is 9.84 Å². The van der Waals surface area contributed by atoms with Gasteiger partial charge in [-0.2, -0.15) is 0 Å². The summed E-state index contributed by atoms with van der Waals surface area (Å²) < 4.78 is 24.1. The van der Waals surface area contributed by atoms with Crippen LogP contribution in [0.5, 0.6) is 0 Å². The number of hydrogen-bond donors (Lipinski definition) is 1. The summed E-state index contributed by atoms with van der Waals surface area (Å²) in [5.41, 5.74) is 1.21. The second kappa shape index (κ2) is 3.56. The Balaban J connectivity index is 2.08. The number of sulfone groups is 1. The van der Waals surface area contributed by atoms with Crippen LogP contribution in [-0.2, 0) is 15.3 Å². The van der Waals surface area contributed by atoms with Crippen LogP contribution in [0.15, 0.2) is 29.2 Å². The Morgan fingerprint density at radius 1 is 1.41 bits per heavy atom. The number of rotatable bonds is 2. The van der Waals surface area contributed by atoms with Gasteiger partial charge in [-0.15, -0.1) is 0 Å². The lowest BCUT2D eigenvalue weighted by molar-refractivity contribution is 0.521. The van der Waals surface area contributed by atoms with Crippen LogP contribution in [0.2, 0.25) is 0 Å². The van der Waals surface area contributed by atoms with Gasteiger partial charge in [0.05, 0.1) is 10.6 Å². The molecule has 0 aromatic heterocycles. The SMILES string of the molecule is CNCC1CC12CCS(=O)(=O)c1ccccc12. The third kappa shape index (κ3) is 1.54. The molecule has 1 aromatic rings. The van der Waals surface area contributed by atoms with E-state index >= 15 is 0 Å². The molecule has 2 aliphatic rings. The highest BCUT2D eigenvalue weighted by molar-refractivity contribution is 7.91. The van der Waals surface area contributed by atoms with E-state index in [1.165, 1.54) is 0 Å². The minimum absolute atomic E-state index is 0.144. The first-order valence-corrected chi connectivity index (χ1v) is 7.72. The van der Waals surface area contributed by atoms with Gasteiger partial charge in [0.15, 0.2) is 9.84 Å². The van der Waals surface area contributed by atoms with E-state index in [2.05, 4.69) is 5.32 Å². The lowest BCUT2D eigenvalue weighted by Crippen LogP contribution is -2.28. The van der Waals surface area contributed by atoms with Crippen LogP contribution in [0, 0.1) is 5.92 Å². The summed E-state index contributed by atoms with van der Waals surface area (Å²) in [5, 5.41) is 3.20. The molecule has 4 heteroatoms. The van der Waals surface area contributed by atoms with Crippen LogP contribution in [0.3, 0.4) is 0 Å². The third-order valence-electron chi connectivity index (χ3n) is 4.26. The average Bonchev–Trinajstić information content (AvgIpc) is 3.01. The highest BCUT2D eigenvalue weighted by atomic mass is 32.2. The summed E-state index contributed by atoms with van der Waals surface area (Å²) in [6, 6.07) is 7.54. The molecule has 0 radical (unpaired) electrons. The number of fused-ring (bicyclic) bond motifs is 2. The first kappa shape index (κ1) is 11.2. The molecule has 17 heavy (non-hydrogen) atoms. The standard InChI is InChI=1S/C13H17NO2S/c1-14-9-10-8-13(10)6-7-17(15,16)12-5-3-2-4-11(12)13/h2-5,10,14H,6-9H2,1H3. The van der Waals surface area contributed by atoms with E-state index in [4.69, 9.17) is 0 Å². The van der Waals surface area contributed by atoms with Gasteiger partial charge in [0.1, 0.15) is 0 Å². The Kier molecular flexibility index (Phi) is 2.35. The molecule has 1 N–H and O–H groups in total. The molecule has 1 aromatic carbocycles. The number of hydrogen-bond acceptors (Lipinski definition) is 3. The van der Waals surface area contributed by atoms with Gasteiger partial charge < -0.3 is 5.32 Å². The fourth-order valence-corrected chi connectivity index (χ4v) is 4.99. The van der Waals surface area contributed by atoms with Crippen LogP contribution < -0.4 is 5.32 Å². The smallest absolute Gasteiger partial charge is 0.178 e. The summed E-state index contributed by atoms with van der Waals surface area (Å²) in [4.78, 5) is 0.574. The molecule has 0 amide bonds. The molecule has 1 aliphatic carbocycles. The first-order chi connectivity index (χ1) is 8.10. The van der Waals surface area contributed by atoms with E-state index in [0.29, 0.717) is 16.6 Å². The number of nitrogens with one attached hydrogen (secondary N) is 1. The maximum Gasteiger partial charge on any atom is 0.178 e. The maximum atomic E-state index is 12.0. The van der Waals surface area contributed by atoms with E-state index in [0.717, 1.165) is 24.9 Å². The van der Waals surface area contributed by atoms with Crippen molar-refractivity contribution in [3.05, 3.63) is 29.8 Å². The largest absolute Gasteiger partial charge is 0.319 e. The van der Waals surface area contributed by atoms with Crippen molar-refractivity contribution in [1.82, 2.24) is 5.32 Å². The summed E-state index contributed by atoms with van der Waals surface area (Å²) in [6.07, 6.45) is 1.92. The van der Waals surface area contributed by atoms with Crippen LogP contribution in [-0.4, -0.2) is 27.8 Å². The first-order valence-electron chi connectivity index (χ1n) is 6.07. The van der Waals surface area contributed by atoms with Gasteiger partial charge >= 0.3 is 0 Å². The molecular formula is C13H17NO2S. The van der Waals surface area contributed by atoms with Gasteiger partial charge in [-0.05, 0) is 44.0 Å². The van der Waals surface area contributed by atoms with Gasteiger partial charge in [-0.25, -0.2) is 8.42 Å². The fourth-order valence-electron chi connectivity index (χ4n) is 3.24. The summed E-state index contributed by atoms with van der Waals surface area (Å²) in [7, 11) is -1.08. The molecular weight excluding hydrogens is 234 g/mol. The lowest BCUT2D eigenvalue weighted by Gasteiger charge is -2.26. The quantitative estimate of drug-likeness (QED) is 0.863. The molecule has 2 atom stereocenters. The van der Waals surface area contributed by atoms with Crippen molar-refractivity contribution in [3.63, 3.8) is 0 Å². The van der Waals surface area contributed by atoms with Crippen molar-refractivity contribution in [2.45, 2.75) is 23.2 Å². The molecule has 1 fully saturated rings. The highest BCUT2D eigenvalue weighted by Gasteiger charge is 2.58. The fraction of sp³-hybridized carbons (Fsp3) is 0.538. The van der Waals surface area contributed by atoms with Gasteiger partial charge in [-0.3, -0.25) is 0 Å². The molecule has 1 spiro atoms. The van der Waals surface area contributed by atoms with Crippen LogP contribution >= 0.6 is 0 Å². The van der Waals surface area contributed by atoms with Crippen LogP contribution in [0.1, 0.15) is 18.4 Å². The van der Waals surface area contributed by atoms with Crippen molar-refractivity contribution < 1.29 is 8.42 Å². The predicted octanol–water partition coefficient (Wildman–Crippen LogP) is 1.34. The van der Waals surface area contributed by atoms with Crippen molar-refractivity contribution in [2.24, 2.45) is 5.92 Å². The highest BCUT2D eigenvalue weighted by Crippen LogP contribution is 2.60. The Morgan fingerprint density at radius 3 is 2.94 bits per heavy atom. The predicted molar refractivity (Wildman–Crippen MR) is 66.8 cm³/mol. The van der Waals surface area contributed by atoms with E-state index in [1.807, 2.05) is 25.2 Å². The maximum absolute atomic E-state index is 12.0. The topological polar surface area (TPSA) is 46.2 Å². The van der Waals surface area contributed by atoms with Crippen molar-refractivity contribution in [2.75, 3.05) is 19.3 Å². The molecule has 3 nitrogen and oxygen atoms in total. The molecule has 0 saturated heterocycles. The molecule has 2 unspecified atom stereocenters. The Bertz CT molecular complexity index is 552.